The van der Waals surface area contributed by atoms with Crippen LogP contribution in [-0.2, 0) is 12.8 Å². The van der Waals surface area contributed by atoms with E-state index in [1.165, 1.54) is 0 Å². The second-order valence-electron chi connectivity index (χ2n) is 5.57. The molecule has 1 amide bonds. The van der Waals surface area contributed by atoms with Gasteiger partial charge in [-0.3, -0.25) is 9.78 Å². The van der Waals surface area contributed by atoms with Gasteiger partial charge in [0.1, 0.15) is 0 Å². The van der Waals surface area contributed by atoms with Crippen LogP contribution < -0.4 is 5.32 Å². The Labute approximate surface area is 134 Å². The first-order valence-corrected chi connectivity index (χ1v) is 7.70. The number of amides is 1. The molecule has 0 spiro atoms. The molecular formula is C18H16N4O. The zero-order valence-electron chi connectivity index (χ0n) is 12.6. The van der Waals surface area contributed by atoms with Gasteiger partial charge < -0.3 is 5.32 Å². The highest BCUT2D eigenvalue weighted by molar-refractivity contribution is 6.04. The van der Waals surface area contributed by atoms with E-state index >= 15 is 0 Å². The molecule has 114 valence electrons. The number of carbonyl (C=O) groups is 1. The van der Waals surface area contributed by atoms with E-state index in [1.807, 2.05) is 41.1 Å². The molecule has 4 rings (SSSR count). The van der Waals surface area contributed by atoms with Gasteiger partial charge in [0.25, 0.3) is 5.91 Å². The highest BCUT2D eigenvalue weighted by Crippen LogP contribution is 2.28. The molecule has 1 N–H and O–H groups in total. The summed E-state index contributed by atoms with van der Waals surface area (Å²) in [5.74, 6) is -0.175. The Morgan fingerprint density at radius 2 is 1.96 bits per heavy atom. The van der Waals surface area contributed by atoms with Crippen molar-refractivity contribution in [1.82, 2.24) is 14.8 Å². The van der Waals surface area contributed by atoms with Crippen LogP contribution in [0.2, 0.25) is 0 Å². The fraction of sp³-hybridized carbons (Fsp3) is 0.167. The van der Waals surface area contributed by atoms with Crippen molar-refractivity contribution in [3.05, 3.63) is 71.8 Å². The van der Waals surface area contributed by atoms with Gasteiger partial charge >= 0.3 is 0 Å². The molecule has 0 atom stereocenters. The quantitative estimate of drug-likeness (QED) is 0.809. The van der Waals surface area contributed by atoms with Gasteiger partial charge in [-0.1, -0.05) is 18.2 Å². The predicted molar refractivity (Wildman–Crippen MR) is 87.8 cm³/mol. The molecule has 1 aliphatic rings. The molecule has 5 heteroatoms. The predicted octanol–water partition coefficient (Wildman–Crippen LogP) is 3.01. The van der Waals surface area contributed by atoms with Crippen LogP contribution >= 0.6 is 0 Å². The van der Waals surface area contributed by atoms with Crippen LogP contribution in [0.5, 0.6) is 0 Å². The molecule has 1 aromatic carbocycles. The molecule has 0 fully saturated rings. The number of fused-ring (bicyclic) bond motifs is 1. The Balaban J connectivity index is 1.71. The minimum atomic E-state index is -0.175. The molecule has 0 aliphatic heterocycles. The Morgan fingerprint density at radius 1 is 1.09 bits per heavy atom. The van der Waals surface area contributed by atoms with Crippen LogP contribution in [0.25, 0.3) is 5.69 Å². The van der Waals surface area contributed by atoms with Gasteiger partial charge in [0, 0.05) is 17.5 Å². The molecular weight excluding hydrogens is 288 g/mol. The Kier molecular flexibility index (Phi) is 3.38. The highest BCUT2D eigenvalue weighted by atomic mass is 16.2. The molecule has 2 aromatic heterocycles. The van der Waals surface area contributed by atoms with Crippen LogP contribution in [0.4, 0.5) is 5.69 Å². The number of benzene rings is 1. The molecule has 0 radical (unpaired) electrons. The lowest BCUT2D eigenvalue weighted by Crippen LogP contribution is -2.15. The third-order valence-corrected chi connectivity index (χ3v) is 4.07. The van der Waals surface area contributed by atoms with E-state index in [0.29, 0.717) is 11.4 Å². The molecule has 1 aliphatic carbocycles. The zero-order valence-corrected chi connectivity index (χ0v) is 12.6. The Hall–Kier alpha value is -2.95. The summed E-state index contributed by atoms with van der Waals surface area (Å²) in [7, 11) is 0. The number of rotatable bonds is 3. The smallest absolute Gasteiger partial charge is 0.276 e. The summed E-state index contributed by atoms with van der Waals surface area (Å²) in [6, 6.07) is 13.6. The Morgan fingerprint density at radius 3 is 2.74 bits per heavy atom. The minimum Gasteiger partial charge on any atom is -0.319 e. The Bertz CT molecular complexity index is 840. The maximum absolute atomic E-state index is 12.6. The standard InChI is InChI=1S/C18H16N4O/c23-18(20-13-6-5-11-19-12-13)17-15-9-4-10-16(15)22(21-17)14-7-2-1-3-8-14/h1-3,5-8,11-12H,4,9-10H2,(H,20,23). The monoisotopic (exact) mass is 304 g/mol. The first-order valence-electron chi connectivity index (χ1n) is 7.70. The van der Waals surface area contributed by atoms with Crippen molar-refractivity contribution in [2.75, 3.05) is 5.32 Å². The van der Waals surface area contributed by atoms with Crippen molar-refractivity contribution in [2.45, 2.75) is 19.3 Å². The molecule has 23 heavy (non-hydrogen) atoms. The minimum absolute atomic E-state index is 0.175. The molecule has 0 unspecified atom stereocenters. The van der Waals surface area contributed by atoms with Crippen LogP contribution in [0.3, 0.4) is 0 Å². The van der Waals surface area contributed by atoms with Gasteiger partial charge in [-0.25, -0.2) is 4.68 Å². The second kappa shape index (κ2) is 5.68. The van der Waals surface area contributed by atoms with Crippen LogP contribution in [0.1, 0.15) is 28.2 Å². The summed E-state index contributed by atoms with van der Waals surface area (Å²) in [6.07, 6.45) is 6.23. The van der Waals surface area contributed by atoms with Crippen LogP contribution in [0.15, 0.2) is 54.9 Å². The summed E-state index contributed by atoms with van der Waals surface area (Å²) in [5, 5.41) is 7.46. The second-order valence-corrected chi connectivity index (χ2v) is 5.57. The van der Waals surface area contributed by atoms with E-state index in [2.05, 4.69) is 15.4 Å². The first kappa shape index (κ1) is 13.7. The summed E-state index contributed by atoms with van der Waals surface area (Å²) >= 11 is 0. The average molecular weight is 304 g/mol. The summed E-state index contributed by atoms with van der Waals surface area (Å²) in [5.41, 5.74) is 4.40. The lowest BCUT2D eigenvalue weighted by atomic mass is 10.2. The van der Waals surface area contributed by atoms with Crippen molar-refractivity contribution >= 4 is 11.6 Å². The molecule has 5 nitrogen and oxygen atoms in total. The summed E-state index contributed by atoms with van der Waals surface area (Å²) in [4.78, 5) is 16.6. The zero-order chi connectivity index (χ0) is 15.6. The third-order valence-electron chi connectivity index (χ3n) is 4.07. The van der Waals surface area contributed by atoms with Crippen molar-refractivity contribution < 1.29 is 4.79 Å². The normalized spacial score (nSPS) is 12.9. The average Bonchev–Trinajstić information content (AvgIpc) is 3.18. The molecule has 0 saturated heterocycles. The first-order chi connectivity index (χ1) is 11.3. The number of nitrogens with zero attached hydrogens (tertiary/aromatic N) is 3. The molecule has 3 aromatic rings. The fourth-order valence-electron chi connectivity index (χ4n) is 3.03. The molecule has 0 saturated carbocycles. The number of pyridine rings is 1. The van der Waals surface area contributed by atoms with E-state index < -0.39 is 0 Å². The van der Waals surface area contributed by atoms with Gasteiger partial charge in [-0.2, -0.15) is 5.10 Å². The number of hydrogen-bond donors (Lipinski definition) is 1. The van der Waals surface area contributed by atoms with E-state index in [9.17, 15) is 4.79 Å². The van der Waals surface area contributed by atoms with Gasteiger partial charge in [-0.15, -0.1) is 0 Å². The van der Waals surface area contributed by atoms with Gasteiger partial charge in [0.15, 0.2) is 5.69 Å². The van der Waals surface area contributed by atoms with Crippen LogP contribution in [0, 0.1) is 0 Å². The van der Waals surface area contributed by atoms with Crippen molar-refractivity contribution in [3.63, 3.8) is 0 Å². The maximum Gasteiger partial charge on any atom is 0.276 e. The lowest BCUT2D eigenvalue weighted by molar-refractivity contribution is 0.102. The SMILES string of the molecule is O=C(Nc1cccnc1)c1nn(-c2ccccc2)c2c1CCC2. The molecule has 0 bridgehead atoms. The summed E-state index contributed by atoms with van der Waals surface area (Å²) < 4.78 is 1.90. The van der Waals surface area contributed by atoms with E-state index in [1.54, 1.807) is 18.5 Å². The fourth-order valence-corrected chi connectivity index (χ4v) is 3.03. The summed E-state index contributed by atoms with van der Waals surface area (Å²) in [6.45, 7) is 0. The number of anilines is 1. The third kappa shape index (κ3) is 2.50. The van der Waals surface area contributed by atoms with Gasteiger partial charge in [0.05, 0.1) is 17.6 Å². The molecule has 2 heterocycles. The van der Waals surface area contributed by atoms with E-state index in [0.717, 1.165) is 36.2 Å². The number of aromatic nitrogens is 3. The van der Waals surface area contributed by atoms with E-state index in [-0.39, 0.29) is 5.91 Å². The lowest BCUT2D eigenvalue weighted by Gasteiger charge is -2.05. The maximum atomic E-state index is 12.6. The number of carbonyl (C=O) groups excluding carboxylic acids is 1. The highest BCUT2D eigenvalue weighted by Gasteiger charge is 2.26. The topological polar surface area (TPSA) is 59.8 Å². The number of para-hydroxylation sites is 1. The van der Waals surface area contributed by atoms with Crippen LogP contribution in [-0.4, -0.2) is 20.7 Å². The number of hydrogen-bond acceptors (Lipinski definition) is 3. The van der Waals surface area contributed by atoms with Gasteiger partial charge in [-0.05, 0) is 43.5 Å². The number of nitrogens with one attached hydrogen (secondary N) is 1. The van der Waals surface area contributed by atoms with E-state index in [4.69, 9.17) is 0 Å². The largest absolute Gasteiger partial charge is 0.319 e. The van der Waals surface area contributed by atoms with Crippen molar-refractivity contribution in [2.24, 2.45) is 0 Å². The van der Waals surface area contributed by atoms with Gasteiger partial charge in [0.2, 0.25) is 0 Å². The van der Waals surface area contributed by atoms with Crippen molar-refractivity contribution in [1.29, 1.82) is 0 Å². The van der Waals surface area contributed by atoms with Crippen molar-refractivity contribution in [3.8, 4) is 5.69 Å².